The zero-order valence-corrected chi connectivity index (χ0v) is 14.5. The van der Waals surface area contributed by atoms with Gasteiger partial charge < -0.3 is 9.64 Å². The molecule has 2 aliphatic rings. The van der Waals surface area contributed by atoms with Gasteiger partial charge in [0.15, 0.2) is 5.82 Å². The lowest BCUT2D eigenvalue weighted by Gasteiger charge is -2.29. The van der Waals surface area contributed by atoms with Gasteiger partial charge in [0.25, 0.3) is 5.56 Å². The number of rotatable bonds is 4. The van der Waals surface area contributed by atoms with Gasteiger partial charge in [-0.1, -0.05) is 12.8 Å². The average Bonchev–Trinajstić information content (AvgIpc) is 3.14. The molecule has 0 amide bonds. The van der Waals surface area contributed by atoms with E-state index in [1.807, 2.05) is 0 Å². The molecule has 4 rings (SSSR count). The van der Waals surface area contributed by atoms with Crippen molar-refractivity contribution in [3.63, 3.8) is 0 Å². The standard InChI is InChI=1S/C18H23N5O2/c1-22-18(24)8-14-11-23(7-6-15(14)21-22)16-9-19-10-17(20-16)25-12-13-4-2-3-5-13/h8-10,13H,2-7,11-12H2,1H3. The zero-order valence-electron chi connectivity index (χ0n) is 14.5. The molecule has 0 radical (unpaired) electrons. The SMILES string of the molecule is Cn1nc2c(cc1=O)CN(c1cncc(OCC3CCCC3)n1)CC2. The molecular weight excluding hydrogens is 318 g/mol. The van der Waals surface area contributed by atoms with Crippen molar-refractivity contribution in [3.05, 3.63) is 40.1 Å². The molecule has 132 valence electrons. The normalized spacial score (nSPS) is 17.6. The molecular formula is C18H23N5O2. The number of nitrogens with zero attached hydrogens (tertiary/aromatic N) is 5. The fraction of sp³-hybridized carbons (Fsp3) is 0.556. The summed E-state index contributed by atoms with van der Waals surface area (Å²) in [5, 5.41) is 4.35. The predicted molar refractivity (Wildman–Crippen MR) is 93.7 cm³/mol. The van der Waals surface area contributed by atoms with E-state index in [-0.39, 0.29) is 5.56 Å². The van der Waals surface area contributed by atoms with Crippen LogP contribution in [0, 0.1) is 5.92 Å². The van der Waals surface area contributed by atoms with Crippen molar-refractivity contribution in [2.24, 2.45) is 13.0 Å². The van der Waals surface area contributed by atoms with E-state index in [1.54, 1.807) is 25.5 Å². The largest absolute Gasteiger partial charge is 0.476 e. The molecule has 1 aliphatic heterocycles. The summed E-state index contributed by atoms with van der Waals surface area (Å²) in [5.74, 6) is 2.02. The van der Waals surface area contributed by atoms with E-state index in [1.165, 1.54) is 30.4 Å². The first-order chi connectivity index (χ1) is 12.2. The molecule has 7 nitrogen and oxygen atoms in total. The minimum Gasteiger partial charge on any atom is -0.476 e. The van der Waals surface area contributed by atoms with Crippen LogP contribution in [-0.4, -0.2) is 32.9 Å². The molecule has 1 aliphatic carbocycles. The maximum atomic E-state index is 11.8. The summed E-state index contributed by atoms with van der Waals surface area (Å²) in [5.41, 5.74) is 1.87. The second-order valence-electron chi connectivity index (χ2n) is 6.93. The molecule has 2 aromatic rings. The quantitative estimate of drug-likeness (QED) is 0.843. The van der Waals surface area contributed by atoms with E-state index in [2.05, 4.69) is 20.0 Å². The fourth-order valence-corrected chi connectivity index (χ4v) is 3.63. The molecule has 0 bridgehead atoms. The summed E-state index contributed by atoms with van der Waals surface area (Å²) < 4.78 is 7.25. The Hall–Kier alpha value is -2.44. The number of fused-ring (bicyclic) bond motifs is 1. The molecule has 0 spiro atoms. The van der Waals surface area contributed by atoms with Gasteiger partial charge in [-0.2, -0.15) is 10.1 Å². The van der Waals surface area contributed by atoms with Crippen LogP contribution in [0.4, 0.5) is 5.82 Å². The van der Waals surface area contributed by atoms with E-state index in [4.69, 9.17) is 4.74 Å². The Bertz CT molecular complexity index is 813. The third-order valence-corrected chi connectivity index (χ3v) is 5.10. The number of aryl methyl sites for hydroxylation is 1. The molecule has 0 N–H and O–H groups in total. The summed E-state index contributed by atoms with van der Waals surface area (Å²) in [6.45, 7) is 2.15. The highest BCUT2D eigenvalue weighted by atomic mass is 16.5. The number of ether oxygens (including phenoxy) is 1. The number of aromatic nitrogens is 4. The Morgan fingerprint density at radius 3 is 2.96 bits per heavy atom. The zero-order chi connectivity index (χ0) is 17.2. The first kappa shape index (κ1) is 16.1. The Balaban J connectivity index is 1.47. The predicted octanol–water partition coefficient (Wildman–Crippen LogP) is 1.70. The highest BCUT2D eigenvalue weighted by Gasteiger charge is 2.21. The number of hydrogen-bond donors (Lipinski definition) is 0. The summed E-state index contributed by atoms with van der Waals surface area (Å²) in [4.78, 5) is 22.8. The van der Waals surface area contributed by atoms with Gasteiger partial charge >= 0.3 is 0 Å². The van der Waals surface area contributed by atoms with Crippen LogP contribution in [0.2, 0.25) is 0 Å². The van der Waals surface area contributed by atoms with E-state index in [9.17, 15) is 4.79 Å². The highest BCUT2D eigenvalue weighted by Crippen LogP contribution is 2.26. The second-order valence-corrected chi connectivity index (χ2v) is 6.93. The topological polar surface area (TPSA) is 73.1 Å². The Morgan fingerprint density at radius 1 is 1.28 bits per heavy atom. The van der Waals surface area contributed by atoms with Crippen LogP contribution in [0.3, 0.4) is 0 Å². The lowest BCUT2D eigenvalue weighted by Crippen LogP contribution is -2.34. The Kier molecular flexibility index (Phi) is 4.38. The fourth-order valence-electron chi connectivity index (χ4n) is 3.63. The summed E-state index contributed by atoms with van der Waals surface area (Å²) in [6, 6.07) is 1.67. The molecule has 0 saturated heterocycles. The maximum absolute atomic E-state index is 11.8. The summed E-state index contributed by atoms with van der Waals surface area (Å²) in [6.07, 6.45) is 9.32. The van der Waals surface area contributed by atoms with Gasteiger partial charge in [-0.3, -0.25) is 9.78 Å². The molecule has 0 aromatic carbocycles. The molecule has 2 aromatic heterocycles. The molecule has 3 heterocycles. The summed E-state index contributed by atoms with van der Waals surface area (Å²) >= 11 is 0. The van der Waals surface area contributed by atoms with E-state index in [0.29, 0.717) is 18.3 Å². The van der Waals surface area contributed by atoms with Crippen molar-refractivity contribution in [3.8, 4) is 5.88 Å². The van der Waals surface area contributed by atoms with Gasteiger partial charge in [0.1, 0.15) is 0 Å². The maximum Gasteiger partial charge on any atom is 0.266 e. The summed E-state index contributed by atoms with van der Waals surface area (Å²) in [7, 11) is 1.69. The lowest BCUT2D eigenvalue weighted by molar-refractivity contribution is 0.242. The van der Waals surface area contributed by atoms with Crippen molar-refractivity contribution < 1.29 is 4.74 Å². The molecule has 1 fully saturated rings. The monoisotopic (exact) mass is 341 g/mol. The third-order valence-electron chi connectivity index (χ3n) is 5.10. The molecule has 0 unspecified atom stereocenters. The van der Waals surface area contributed by atoms with Crippen LogP contribution in [-0.2, 0) is 20.0 Å². The van der Waals surface area contributed by atoms with Crippen LogP contribution < -0.4 is 15.2 Å². The number of anilines is 1. The molecule has 1 saturated carbocycles. The minimum absolute atomic E-state index is 0.0830. The van der Waals surface area contributed by atoms with Crippen molar-refractivity contribution in [1.82, 2.24) is 19.7 Å². The van der Waals surface area contributed by atoms with Crippen LogP contribution in [0.5, 0.6) is 5.88 Å². The van der Waals surface area contributed by atoms with Crippen molar-refractivity contribution in [1.29, 1.82) is 0 Å². The van der Waals surface area contributed by atoms with Crippen LogP contribution in [0.1, 0.15) is 36.9 Å². The smallest absolute Gasteiger partial charge is 0.266 e. The van der Waals surface area contributed by atoms with Crippen molar-refractivity contribution in [2.45, 2.75) is 38.6 Å². The highest BCUT2D eigenvalue weighted by molar-refractivity contribution is 5.41. The van der Waals surface area contributed by atoms with Gasteiger partial charge in [-0.15, -0.1) is 0 Å². The van der Waals surface area contributed by atoms with Crippen molar-refractivity contribution in [2.75, 3.05) is 18.1 Å². The Morgan fingerprint density at radius 2 is 2.12 bits per heavy atom. The van der Waals surface area contributed by atoms with Gasteiger partial charge in [0.2, 0.25) is 5.88 Å². The first-order valence-electron chi connectivity index (χ1n) is 8.95. The average molecular weight is 341 g/mol. The first-order valence-corrected chi connectivity index (χ1v) is 8.95. The van der Waals surface area contributed by atoms with Crippen molar-refractivity contribution >= 4 is 5.82 Å². The van der Waals surface area contributed by atoms with E-state index < -0.39 is 0 Å². The third kappa shape index (κ3) is 3.50. The molecule has 7 heteroatoms. The molecule has 25 heavy (non-hydrogen) atoms. The van der Waals surface area contributed by atoms with Crippen LogP contribution >= 0.6 is 0 Å². The second kappa shape index (κ2) is 6.82. The Labute approximate surface area is 146 Å². The van der Waals surface area contributed by atoms with E-state index >= 15 is 0 Å². The van der Waals surface area contributed by atoms with Crippen LogP contribution in [0.25, 0.3) is 0 Å². The molecule has 0 atom stereocenters. The van der Waals surface area contributed by atoms with E-state index in [0.717, 1.165) is 36.6 Å². The van der Waals surface area contributed by atoms with Gasteiger partial charge in [0.05, 0.1) is 24.7 Å². The van der Waals surface area contributed by atoms with Gasteiger partial charge in [-0.05, 0) is 18.8 Å². The van der Waals surface area contributed by atoms with Crippen LogP contribution in [0.15, 0.2) is 23.3 Å². The van der Waals surface area contributed by atoms with Gasteiger partial charge in [0, 0.05) is 38.2 Å². The number of hydrogen-bond acceptors (Lipinski definition) is 6. The minimum atomic E-state index is -0.0830. The van der Waals surface area contributed by atoms with Gasteiger partial charge in [-0.25, -0.2) is 4.68 Å². The lowest BCUT2D eigenvalue weighted by atomic mass is 10.1.